The van der Waals surface area contributed by atoms with Gasteiger partial charge in [-0.2, -0.15) is 0 Å². The first kappa shape index (κ1) is 17.6. The fourth-order valence-corrected chi connectivity index (χ4v) is 2.48. The van der Waals surface area contributed by atoms with Crippen molar-refractivity contribution in [2.75, 3.05) is 0 Å². The van der Waals surface area contributed by atoms with Crippen LogP contribution in [0.15, 0.2) is 34.1 Å². The Balaban J connectivity index is 2.50. The molecule has 7 nitrogen and oxygen atoms in total. The molecule has 8 heteroatoms. The van der Waals surface area contributed by atoms with Crippen molar-refractivity contribution in [3.05, 3.63) is 50.5 Å². The third kappa shape index (κ3) is 3.60. The summed E-state index contributed by atoms with van der Waals surface area (Å²) in [6.07, 6.45) is 1.91. The van der Waals surface area contributed by atoms with E-state index in [2.05, 4.69) is 9.98 Å². The summed E-state index contributed by atoms with van der Waals surface area (Å²) >= 11 is 5.09. The summed E-state index contributed by atoms with van der Waals surface area (Å²) in [6.45, 7) is 3.80. The third-order valence-corrected chi connectivity index (χ3v) is 3.92. The number of carboxylic acids is 1. The van der Waals surface area contributed by atoms with E-state index in [1.807, 2.05) is 13.8 Å². The minimum absolute atomic E-state index is 0.0374. The minimum Gasteiger partial charge on any atom is -0.494 e. The molecule has 0 aliphatic carbocycles. The van der Waals surface area contributed by atoms with E-state index in [0.717, 1.165) is 0 Å². The molecule has 0 unspecified atom stereocenters. The van der Waals surface area contributed by atoms with Crippen LogP contribution in [0.2, 0.25) is 0 Å². The summed E-state index contributed by atoms with van der Waals surface area (Å²) < 4.78 is 1.59. The zero-order chi connectivity index (χ0) is 17.9. The molecule has 0 bridgehead atoms. The van der Waals surface area contributed by atoms with E-state index < -0.39 is 11.5 Å². The molecule has 0 aliphatic heterocycles. The highest BCUT2D eigenvalue weighted by molar-refractivity contribution is 7.71. The number of benzene rings is 1. The second-order valence-electron chi connectivity index (χ2n) is 5.24. The van der Waals surface area contributed by atoms with Gasteiger partial charge in [-0.15, -0.1) is 0 Å². The topological polar surface area (TPSA) is 108 Å². The normalized spacial score (nSPS) is 12.4. The van der Waals surface area contributed by atoms with Crippen molar-refractivity contribution in [1.82, 2.24) is 9.55 Å². The number of aliphatic imine (C=N–C) groups is 1. The fraction of sp³-hybridized carbons (Fsp3) is 0.250. The Morgan fingerprint density at radius 1 is 1.50 bits per heavy atom. The molecule has 1 aromatic heterocycles. The van der Waals surface area contributed by atoms with E-state index in [1.165, 1.54) is 22.9 Å². The average Bonchev–Trinajstić information content (AvgIpc) is 2.54. The third-order valence-electron chi connectivity index (χ3n) is 3.62. The molecule has 3 N–H and O–H groups in total. The van der Waals surface area contributed by atoms with Gasteiger partial charge in [-0.25, -0.2) is 4.79 Å². The number of nitrogens with zero attached hydrogens (tertiary/aromatic N) is 2. The molecule has 126 valence electrons. The molecule has 24 heavy (non-hydrogen) atoms. The molecule has 0 saturated carbocycles. The molecule has 0 amide bonds. The Morgan fingerprint density at radius 2 is 2.21 bits per heavy atom. The van der Waals surface area contributed by atoms with E-state index in [1.54, 1.807) is 12.1 Å². The van der Waals surface area contributed by atoms with Gasteiger partial charge in [-0.05, 0) is 43.8 Å². The van der Waals surface area contributed by atoms with Crippen LogP contribution in [-0.4, -0.2) is 31.9 Å². The Kier molecular flexibility index (Phi) is 5.30. The van der Waals surface area contributed by atoms with Gasteiger partial charge in [-0.1, -0.05) is 13.0 Å². The number of aromatic nitrogens is 2. The van der Waals surface area contributed by atoms with E-state index >= 15 is 0 Å². The van der Waals surface area contributed by atoms with E-state index in [0.29, 0.717) is 12.1 Å². The number of hydrogen-bond acceptors (Lipinski definition) is 5. The van der Waals surface area contributed by atoms with Crippen LogP contribution in [0.5, 0.6) is 5.88 Å². The number of hydrogen-bond donors (Lipinski definition) is 3. The number of rotatable bonds is 5. The number of carbonyl (C=O) groups is 1. The van der Waals surface area contributed by atoms with Crippen LogP contribution >= 0.6 is 12.2 Å². The molecule has 0 fully saturated rings. The minimum atomic E-state index is -1.07. The Morgan fingerprint density at radius 3 is 2.83 bits per heavy atom. The van der Waals surface area contributed by atoms with Gasteiger partial charge in [0.15, 0.2) is 4.77 Å². The van der Waals surface area contributed by atoms with E-state index in [4.69, 9.17) is 17.3 Å². The van der Waals surface area contributed by atoms with Crippen molar-refractivity contribution in [1.29, 1.82) is 0 Å². The fourth-order valence-electron chi connectivity index (χ4n) is 2.12. The van der Waals surface area contributed by atoms with Crippen molar-refractivity contribution in [3.63, 3.8) is 0 Å². The standard InChI is InChI=1S/C16H17N3O4S/c1-3-9(2)19-14(21)12(13(20)18-16(19)24)8-17-11-6-4-5-10(7-11)15(22)23/h4-9,21H,3H2,1-2H3,(H,22,23)(H,18,20,24)/t9-/m1/s1. The highest BCUT2D eigenvalue weighted by atomic mass is 32.1. The van der Waals surface area contributed by atoms with E-state index in [9.17, 15) is 14.7 Å². The molecule has 0 saturated heterocycles. The van der Waals surface area contributed by atoms with Crippen molar-refractivity contribution in [2.24, 2.45) is 4.99 Å². The molecular weight excluding hydrogens is 330 g/mol. The maximum absolute atomic E-state index is 12.0. The quantitative estimate of drug-likeness (QED) is 0.569. The lowest BCUT2D eigenvalue weighted by Gasteiger charge is -2.16. The van der Waals surface area contributed by atoms with Crippen LogP contribution < -0.4 is 5.56 Å². The van der Waals surface area contributed by atoms with Crippen molar-refractivity contribution < 1.29 is 15.0 Å². The van der Waals surface area contributed by atoms with Gasteiger partial charge in [0, 0.05) is 12.3 Å². The molecule has 2 aromatic rings. The van der Waals surface area contributed by atoms with Gasteiger partial charge >= 0.3 is 5.97 Å². The summed E-state index contributed by atoms with van der Waals surface area (Å²) in [6, 6.07) is 5.85. The first-order valence-electron chi connectivity index (χ1n) is 7.30. The van der Waals surface area contributed by atoms with E-state index in [-0.39, 0.29) is 27.8 Å². The summed E-state index contributed by atoms with van der Waals surface area (Å²) in [5.74, 6) is -1.34. The van der Waals surface area contributed by atoms with Gasteiger partial charge in [0.1, 0.15) is 5.56 Å². The molecular formula is C16H17N3O4S. The average molecular weight is 347 g/mol. The number of nitrogens with one attached hydrogen (secondary N) is 1. The Labute approximate surface area is 142 Å². The summed E-state index contributed by atoms with van der Waals surface area (Å²) in [4.78, 5) is 29.6. The number of aromatic carboxylic acids is 1. The van der Waals surface area contributed by atoms with Crippen molar-refractivity contribution in [2.45, 2.75) is 26.3 Å². The van der Waals surface area contributed by atoms with Gasteiger partial charge in [0.25, 0.3) is 5.56 Å². The number of aromatic hydroxyl groups is 1. The smallest absolute Gasteiger partial charge is 0.335 e. The predicted molar refractivity (Wildman–Crippen MR) is 93.2 cm³/mol. The first-order valence-corrected chi connectivity index (χ1v) is 7.71. The molecule has 0 aliphatic rings. The molecule has 0 radical (unpaired) electrons. The van der Waals surface area contributed by atoms with Gasteiger partial charge in [0.2, 0.25) is 5.88 Å². The highest BCUT2D eigenvalue weighted by Gasteiger charge is 2.14. The lowest BCUT2D eigenvalue weighted by Crippen LogP contribution is -2.20. The highest BCUT2D eigenvalue weighted by Crippen LogP contribution is 2.21. The molecule has 1 aromatic carbocycles. The number of carboxylic acid groups (broad SMARTS) is 1. The molecule has 1 heterocycles. The predicted octanol–water partition coefficient (Wildman–Crippen LogP) is 3.03. The maximum atomic E-state index is 12.0. The second kappa shape index (κ2) is 7.22. The summed E-state index contributed by atoms with van der Waals surface area (Å²) in [5, 5.41) is 19.3. The zero-order valence-electron chi connectivity index (χ0n) is 13.2. The Hall–Kier alpha value is -2.74. The number of H-pyrrole nitrogens is 1. The van der Waals surface area contributed by atoms with Crippen LogP contribution in [0.1, 0.15) is 42.2 Å². The first-order chi connectivity index (χ1) is 11.3. The van der Waals surface area contributed by atoms with Crippen LogP contribution in [0, 0.1) is 4.77 Å². The van der Waals surface area contributed by atoms with Gasteiger partial charge in [-0.3, -0.25) is 19.3 Å². The Bertz CT molecular complexity index is 914. The van der Waals surface area contributed by atoms with Gasteiger partial charge in [0.05, 0.1) is 11.3 Å². The van der Waals surface area contributed by atoms with Crippen LogP contribution in [0.3, 0.4) is 0 Å². The van der Waals surface area contributed by atoms with Crippen molar-refractivity contribution in [3.8, 4) is 5.88 Å². The molecule has 1 atom stereocenters. The lowest BCUT2D eigenvalue weighted by atomic mass is 10.2. The molecule has 0 spiro atoms. The lowest BCUT2D eigenvalue weighted by molar-refractivity contribution is 0.0697. The van der Waals surface area contributed by atoms with Crippen molar-refractivity contribution >= 4 is 30.1 Å². The number of aromatic amines is 1. The monoisotopic (exact) mass is 347 g/mol. The second-order valence-corrected chi connectivity index (χ2v) is 5.62. The van der Waals surface area contributed by atoms with Crippen LogP contribution in [-0.2, 0) is 0 Å². The largest absolute Gasteiger partial charge is 0.494 e. The summed E-state index contributed by atoms with van der Waals surface area (Å²) in [5.41, 5.74) is -0.163. The SMILES string of the molecule is CC[C@@H](C)n1c(O)c(C=Nc2cccc(C(=O)O)c2)c(=O)[nH]c1=S. The van der Waals surface area contributed by atoms with Crippen LogP contribution in [0.25, 0.3) is 0 Å². The van der Waals surface area contributed by atoms with Crippen LogP contribution in [0.4, 0.5) is 5.69 Å². The van der Waals surface area contributed by atoms with Gasteiger partial charge < -0.3 is 10.2 Å². The maximum Gasteiger partial charge on any atom is 0.335 e. The zero-order valence-corrected chi connectivity index (χ0v) is 14.0. The summed E-state index contributed by atoms with van der Waals surface area (Å²) in [7, 11) is 0. The molecule has 2 rings (SSSR count).